The second-order valence-electron chi connectivity index (χ2n) is 3.53. The Morgan fingerprint density at radius 3 is 1.79 bits per heavy atom. The van der Waals surface area contributed by atoms with E-state index in [1.165, 1.54) is 0 Å². The van der Waals surface area contributed by atoms with Crippen molar-refractivity contribution in [2.75, 3.05) is 7.11 Å². The third-order valence-electron chi connectivity index (χ3n) is 2.16. The zero-order chi connectivity index (χ0) is 13.9. The van der Waals surface area contributed by atoms with Gasteiger partial charge in [0.1, 0.15) is 11.5 Å². The van der Waals surface area contributed by atoms with E-state index in [1.54, 1.807) is 13.2 Å². The van der Waals surface area contributed by atoms with Gasteiger partial charge in [-0.05, 0) is 46.3 Å². The molecule has 0 spiro atoms. The van der Waals surface area contributed by atoms with Crippen LogP contribution in [0.5, 0.6) is 11.5 Å². The molecule has 0 saturated carbocycles. The van der Waals surface area contributed by atoms with Gasteiger partial charge in [-0.2, -0.15) is 0 Å². The molecule has 1 atom stereocenters. The van der Waals surface area contributed by atoms with Crippen molar-refractivity contribution >= 4 is 15.9 Å². The standard InChI is InChI=1S/C9H9BrO.C7H8O/c1-2-9(10)11-8-6-4-3-5-7-8;1-8-7-5-3-2-4-6-7/h2-7,9H,1H2;2-6H,1H3. The van der Waals surface area contributed by atoms with Crippen LogP contribution in [0, 0.1) is 0 Å². The Labute approximate surface area is 122 Å². The van der Waals surface area contributed by atoms with Crippen LogP contribution in [0.2, 0.25) is 0 Å². The molecule has 19 heavy (non-hydrogen) atoms. The molecule has 1 unspecified atom stereocenters. The van der Waals surface area contributed by atoms with E-state index >= 15 is 0 Å². The minimum absolute atomic E-state index is 0.107. The number of hydrogen-bond acceptors (Lipinski definition) is 2. The van der Waals surface area contributed by atoms with Gasteiger partial charge in [-0.15, -0.1) is 0 Å². The quantitative estimate of drug-likeness (QED) is 0.602. The molecule has 0 aliphatic rings. The summed E-state index contributed by atoms with van der Waals surface area (Å²) in [5.41, 5.74) is 0. The number of alkyl halides is 1. The summed E-state index contributed by atoms with van der Waals surface area (Å²) in [6.07, 6.45) is 1.69. The number of halogens is 1. The van der Waals surface area contributed by atoms with Crippen molar-refractivity contribution in [1.29, 1.82) is 0 Å². The molecular formula is C16H17BrO2. The zero-order valence-corrected chi connectivity index (χ0v) is 12.4. The van der Waals surface area contributed by atoms with Crippen molar-refractivity contribution in [3.05, 3.63) is 73.3 Å². The first-order valence-electron chi connectivity index (χ1n) is 5.83. The zero-order valence-electron chi connectivity index (χ0n) is 10.8. The Balaban J connectivity index is 0.000000200. The van der Waals surface area contributed by atoms with Crippen molar-refractivity contribution in [2.24, 2.45) is 0 Å². The van der Waals surface area contributed by atoms with Gasteiger partial charge in [0.05, 0.1) is 7.11 Å². The summed E-state index contributed by atoms with van der Waals surface area (Å²) >= 11 is 3.27. The molecule has 2 aromatic rings. The fourth-order valence-electron chi connectivity index (χ4n) is 1.23. The van der Waals surface area contributed by atoms with E-state index < -0.39 is 0 Å². The number of rotatable bonds is 4. The fourth-order valence-corrected chi connectivity index (χ4v) is 1.45. The van der Waals surface area contributed by atoms with Gasteiger partial charge < -0.3 is 9.47 Å². The van der Waals surface area contributed by atoms with Crippen molar-refractivity contribution in [3.8, 4) is 11.5 Å². The van der Waals surface area contributed by atoms with Gasteiger partial charge in [-0.1, -0.05) is 43.0 Å². The van der Waals surface area contributed by atoms with Gasteiger partial charge in [0, 0.05) is 0 Å². The highest BCUT2D eigenvalue weighted by Crippen LogP contribution is 2.13. The highest BCUT2D eigenvalue weighted by atomic mass is 79.9. The average Bonchev–Trinajstić information content (AvgIpc) is 2.49. The SMILES string of the molecule is C=CC(Br)Oc1ccccc1.COc1ccccc1. The summed E-state index contributed by atoms with van der Waals surface area (Å²) < 4.78 is 10.3. The van der Waals surface area contributed by atoms with Crippen LogP contribution in [0.4, 0.5) is 0 Å². The van der Waals surface area contributed by atoms with Crippen LogP contribution in [-0.4, -0.2) is 12.1 Å². The van der Waals surface area contributed by atoms with Crippen LogP contribution < -0.4 is 9.47 Å². The molecule has 0 N–H and O–H groups in total. The van der Waals surface area contributed by atoms with Crippen molar-refractivity contribution in [2.45, 2.75) is 5.01 Å². The molecule has 0 aliphatic carbocycles. The lowest BCUT2D eigenvalue weighted by molar-refractivity contribution is 0.339. The monoisotopic (exact) mass is 320 g/mol. The maximum absolute atomic E-state index is 5.36. The molecule has 0 saturated heterocycles. The molecule has 2 rings (SSSR count). The normalized spacial score (nSPS) is 10.6. The highest BCUT2D eigenvalue weighted by Gasteiger charge is 1.97. The molecule has 0 heterocycles. The van der Waals surface area contributed by atoms with Crippen molar-refractivity contribution < 1.29 is 9.47 Å². The summed E-state index contributed by atoms with van der Waals surface area (Å²) in [6.45, 7) is 3.58. The molecule has 0 radical (unpaired) electrons. The lowest BCUT2D eigenvalue weighted by atomic mass is 10.3. The van der Waals surface area contributed by atoms with Crippen molar-refractivity contribution in [1.82, 2.24) is 0 Å². The second kappa shape index (κ2) is 9.22. The van der Waals surface area contributed by atoms with E-state index in [-0.39, 0.29) is 5.01 Å². The maximum Gasteiger partial charge on any atom is 0.171 e. The van der Waals surface area contributed by atoms with Crippen LogP contribution in [0.15, 0.2) is 73.3 Å². The van der Waals surface area contributed by atoms with Gasteiger partial charge in [0.15, 0.2) is 5.01 Å². The largest absolute Gasteiger partial charge is 0.497 e. The summed E-state index contributed by atoms with van der Waals surface area (Å²) in [7, 11) is 1.66. The predicted octanol–water partition coefficient (Wildman–Crippen LogP) is 4.67. The Morgan fingerprint density at radius 1 is 0.947 bits per heavy atom. The van der Waals surface area contributed by atoms with E-state index in [4.69, 9.17) is 9.47 Å². The number of hydrogen-bond donors (Lipinski definition) is 0. The van der Waals surface area contributed by atoms with E-state index in [9.17, 15) is 0 Å². The van der Waals surface area contributed by atoms with E-state index in [1.807, 2.05) is 60.7 Å². The molecule has 3 heteroatoms. The van der Waals surface area contributed by atoms with Gasteiger partial charge in [-0.3, -0.25) is 0 Å². The van der Waals surface area contributed by atoms with Crippen LogP contribution in [0.1, 0.15) is 0 Å². The van der Waals surface area contributed by atoms with Gasteiger partial charge >= 0.3 is 0 Å². The Morgan fingerprint density at radius 2 is 1.42 bits per heavy atom. The number of ether oxygens (including phenoxy) is 2. The highest BCUT2D eigenvalue weighted by molar-refractivity contribution is 9.09. The third kappa shape index (κ3) is 6.67. The Bertz CT molecular complexity index is 457. The number of para-hydroxylation sites is 2. The first-order valence-corrected chi connectivity index (χ1v) is 6.75. The first-order chi connectivity index (χ1) is 9.26. The van der Waals surface area contributed by atoms with E-state index in [0.29, 0.717) is 0 Å². The van der Waals surface area contributed by atoms with Crippen LogP contribution in [0.3, 0.4) is 0 Å². The Kier molecular flexibility index (Phi) is 7.44. The molecule has 0 bridgehead atoms. The van der Waals surface area contributed by atoms with Gasteiger partial charge in [-0.25, -0.2) is 0 Å². The third-order valence-corrected chi connectivity index (χ3v) is 2.72. The van der Waals surface area contributed by atoms with Gasteiger partial charge in [0.25, 0.3) is 0 Å². The first kappa shape index (κ1) is 15.3. The molecular weight excluding hydrogens is 304 g/mol. The van der Waals surface area contributed by atoms with Crippen LogP contribution in [0.25, 0.3) is 0 Å². The molecule has 0 aromatic heterocycles. The van der Waals surface area contributed by atoms with Crippen LogP contribution in [-0.2, 0) is 0 Å². The summed E-state index contributed by atoms with van der Waals surface area (Å²) in [5.74, 6) is 1.75. The van der Waals surface area contributed by atoms with Crippen LogP contribution >= 0.6 is 15.9 Å². The smallest absolute Gasteiger partial charge is 0.171 e. The Hall–Kier alpha value is -1.74. The lowest BCUT2D eigenvalue weighted by Gasteiger charge is -2.07. The second-order valence-corrected chi connectivity index (χ2v) is 4.44. The number of benzene rings is 2. The minimum Gasteiger partial charge on any atom is -0.497 e. The summed E-state index contributed by atoms with van der Waals surface area (Å²) in [5, 5.41) is -0.107. The average molecular weight is 321 g/mol. The number of methoxy groups -OCH3 is 1. The van der Waals surface area contributed by atoms with Crippen molar-refractivity contribution in [3.63, 3.8) is 0 Å². The lowest BCUT2D eigenvalue weighted by Crippen LogP contribution is -2.02. The summed E-state index contributed by atoms with van der Waals surface area (Å²) in [6, 6.07) is 19.3. The van der Waals surface area contributed by atoms with E-state index in [2.05, 4.69) is 22.5 Å². The molecule has 2 nitrogen and oxygen atoms in total. The summed E-state index contributed by atoms with van der Waals surface area (Å²) in [4.78, 5) is 0. The molecule has 0 amide bonds. The maximum atomic E-state index is 5.36. The topological polar surface area (TPSA) is 18.5 Å². The molecule has 0 aliphatic heterocycles. The fraction of sp³-hybridized carbons (Fsp3) is 0.125. The van der Waals surface area contributed by atoms with E-state index in [0.717, 1.165) is 11.5 Å². The van der Waals surface area contributed by atoms with Gasteiger partial charge in [0.2, 0.25) is 0 Å². The molecule has 2 aromatic carbocycles. The molecule has 100 valence electrons. The molecule has 0 fully saturated rings. The predicted molar refractivity (Wildman–Crippen MR) is 83.0 cm³/mol. The minimum atomic E-state index is -0.107.